The molecule has 1 aliphatic carbocycles. The Morgan fingerprint density at radius 1 is 1.17 bits per heavy atom. The van der Waals surface area contributed by atoms with Crippen LogP contribution in [0.5, 0.6) is 0 Å². The van der Waals surface area contributed by atoms with Crippen molar-refractivity contribution in [2.75, 3.05) is 0 Å². The molecule has 1 saturated carbocycles. The van der Waals surface area contributed by atoms with Crippen LogP contribution >= 0.6 is 0 Å². The van der Waals surface area contributed by atoms with Gasteiger partial charge < -0.3 is 9.47 Å². The van der Waals surface area contributed by atoms with Gasteiger partial charge in [0.25, 0.3) is 5.79 Å². The molecule has 0 amide bonds. The minimum absolute atomic E-state index is 0.151. The first-order valence-electron chi connectivity index (χ1n) is 8.84. The van der Waals surface area contributed by atoms with Crippen molar-refractivity contribution in [1.29, 1.82) is 0 Å². The van der Waals surface area contributed by atoms with Crippen molar-refractivity contribution >= 4 is 11.9 Å². The van der Waals surface area contributed by atoms with Gasteiger partial charge in [-0.2, -0.15) is 0 Å². The maximum atomic E-state index is 12.2. The lowest BCUT2D eigenvalue weighted by Gasteiger charge is -2.46. The molecule has 4 nitrogen and oxygen atoms in total. The topological polar surface area (TPSA) is 52.6 Å². The Morgan fingerprint density at radius 3 is 2.25 bits per heavy atom. The van der Waals surface area contributed by atoms with Crippen molar-refractivity contribution in [3.63, 3.8) is 0 Å². The van der Waals surface area contributed by atoms with Crippen LogP contribution in [0, 0.1) is 16.7 Å². The minimum Gasteiger partial charge on any atom is -0.423 e. The van der Waals surface area contributed by atoms with Crippen LogP contribution in [-0.2, 0) is 19.1 Å². The molecule has 0 aromatic heterocycles. The molecule has 0 aliphatic heterocycles. The van der Waals surface area contributed by atoms with E-state index in [1.807, 2.05) is 0 Å². The van der Waals surface area contributed by atoms with Gasteiger partial charge in [-0.1, -0.05) is 34.3 Å². The zero-order valence-electron chi connectivity index (χ0n) is 16.5. The zero-order chi connectivity index (χ0) is 18.8. The van der Waals surface area contributed by atoms with Crippen molar-refractivity contribution in [2.24, 2.45) is 16.7 Å². The van der Waals surface area contributed by atoms with Crippen molar-refractivity contribution in [3.05, 3.63) is 12.2 Å². The number of hydrogen-bond acceptors (Lipinski definition) is 4. The number of hydrogen-bond donors (Lipinski definition) is 0. The fourth-order valence-corrected chi connectivity index (χ4v) is 4.41. The van der Waals surface area contributed by atoms with Gasteiger partial charge in [0.1, 0.15) is 0 Å². The Kier molecular flexibility index (Phi) is 6.29. The molecular weight excluding hydrogens is 304 g/mol. The summed E-state index contributed by atoms with van der Waals surface area (Å²) in [6, 6.07) is 0. The normalized spacial score (nSPS) is 26.5. The average molecular weight is 338 g/mol. The van der Waals surface area contributed by atoms with Crippen LogP contribution in [0.4, 0.5) is 0 Å². The van der Waals surface area contributed by atoms with E-state index in [-0.39, 0.29) is 17.0 Å². The molecule has 0 saturated heterocycles. The van der Waals surface area contributed by atoms with E-state index in [1.165, 1.54) is 6.42 Å². The third-order valence-electron chi connectivity index (χ3n) is 4.63. The fourth-order valence-electron chi connectivity index (χ4n) is 4.41. The van der Waals surface area contributed by atoms with Gasteiger partial charge in [0.2, 0.25) is 0 Å². The predicted octanol–water partition coefficient (Wildman–Crippen LogP) is 5.02. The summed E-state index contributed by atoms with van der Waals surface area (Å²) in [5.41, 5.74) is 0.746. The Morgan fingerprint density at radius 2 is 1.75 bits per heavy atom. The molecule has 138 valence electrons. The second-order valence-electron chi connectivity index (χ2n) is 9.21. The van der Waals surface area contributed by atoms with Crippen molar-refractivity contribution in [1.82, 2.24) is 0 Å². The fraction of sp³-hybridized carbons (Fsp3) is 0.800. The van der Waals surface area contributed by atoms with Crippen LogP contribution in [-0.4, -0.2) is 17.7 Å². The number of carbonyl (C=O) groups excluding carboxylic acids is 2. The molecular formula is C20H34O4. The lowest BCUT2D eigenvalue weighted by atomic mass is 9.60. The summed E-state index contributed by atoms with van der Waals surface area (Å²) in [5, 5.41) is 0. The van der Waals surface area contributed by atoms with Crippen molar-refractivity contribution < 1.29 is 19.1 Å². The predicted molar refractivity (Wildman–Crippen MR) is 95.2 cm³/mol. The second-order valence-corrected chi connectivity index (χ2v) is 9.21. The van der Waals surface area contributed by atoms with Gasteiger partial charge >= 0.3 is 11.9 Å². The Hall–Kier alpha value is -1.32. The average Bonchev–Trinajstić information content (AvgIpc) is 2.32. The van der Waals surface area contributed by atoms with E-state index < -0.39 is 11.8 Å². The molecule has 24 heavy (non-hydrogen) atoms. The summed E-state index contributed by atoms with van der Waals surface area (Å²) in [6.07, 6.45) is 4.62. The molecule has 0 aromatic carbocycles. The van der Waals surface area contributed by atoms with Gasteiger partial charge in [-0.05, 0) is 49.4 Å². The first kappa shape index (κ1) is 20.7. The summed E-state index contributed by atoms with van der Waals surface area (Å²) in [6.45, 7) is 17.4. The van der Waals surface area contributed by atoms with E-state index in [9.17, 15) is 9.59 Å². The molecule has 0 heterocycles. The zero-order valence-corrected chi connectivity index (χ0v) is 16.5. The first-order valence-corrected chi connectivity index (χ1v) is 8.84. The van der Waals surface area contributed by atoms with Crippen LogP contribution in [0.3, 0.4) is 0 Å². The van der Waals surface area contributed by atoms with Crippen LogP contribution in [0.15, 0.2) is 12.2 Å². The monoisotopic (exact) mass is 338 g/mol. The van der Waals surface area contributed by atoms with Gasteiger partial charge in [-0.15, -0.1) is 0 Å². The molecule has 2 unspecified atom stereocenters. The van der Waals surface area contributed by atoms with Gasteiger partial charge in [-0.3, -0.25) is 4.79 Å². The molecule has 0 spiro atoms. The first-order chi connectivity index (χ1) is 10.7. The summed E-state index contributed by atoms with van der Waals surface area (Å²) < 4.78 is 10.5. The maximum Gasteiger partial charge on any atom is 0.336 e. The van der Waals surface area contributed by atoms with Gasteiger partial charge in [0, 0.05) is 25.8 Å². The van der Waals surface area contributed by atoms with Crippen LogP contribution in [0.1, 0.15) is 80.6 Å². The van der Waals surface area contributed by atoms with Crippen molar-refractivity contribution in [3.8, 4) is 0 Å². The largest absolute Gasteiger partial charge is 0.423 e. The van der Waals surface area contributed by atoms with Crippen LogP contribution in [0.2, 0.25) is 0 Å². The van der Waals surface area contributed by atoms with Gasteiger partial charge in [0.05, 0.1) is 0 Å². The number of ether oxygens (including phenoxy) is 2. The SMILES string of the molecule is C=C(C)C(=O)OC(C)(C)OC(=O)CCC1(C)CC(C)CC(C)(C)C1. The van der Waals surface area contributed by atoms with Crippen LogP contribution in [0.25, 0.3) is 0 Å². The van der Waals surface area contributed by atoms with E-state index >= 15 is 0 Å². The maximum absolute atomic E-state index is 12.2. The van der Waals surface area contributed by atoms with Gasteiger partial charge in [-0.25, -0.2) is 4.79 Å². The van der Waals surface area contributed by atoms with E-state index in [1.54, 1.807) is 20.8 Å². The van der Waals surface area contributed by atoms with E-state index in [0.717, 1.165) is 19.3 Å². The van der Waals surface area contributed by atoms with E-state index in [0.29, 0.717) is 17.8 Å². The lowest BCUT2D eigenvalue weighted by molar-refractivity contribution is -0.214. The van der Waals surface area contributed by atoms with E-state index in [2.05, 4.69) is 34.3 Å². The number of esters is 2. The third-order valence-corrected chi connectivity index (χ3v) is 4.63. The highest BCUT2D eigenvalue weighted by atomic mass is 16.7. The smallest absolute Gasteiger partial charge is 0.336 e. The molecule has 0 aromatic rings. The quantitative estimate of drug-likeness (QED) is 0.388. The minimum atomic E-state index is -1.27. The summed E-state index contributed by atoms with van der Waals surface area (Å²) in [7, 11) is 0. The molecule has 1 aliphatic rings. The van der Waals surface area contributed by atoms with Crippen molar-refractivity contribution in [2.45, 2.75) is 86.4 Å². The lowest BCUT2D eigenvalue weighted by Crippen LogP contribution is -2.37. The van der Waals surface area contributed by atoms with Crippen LogP contribution < -0.4 is 0 Å². The Bertz CT molecular complexity index is 504. The highest BCUT2D eigenvalue weighted by Gasteiger charge is 2.40. The molecule has 4 heteroatoms. The Labute approximate surface area is 147 Å². The molecule has 0 N–H and O–H groups in total. The van der Waals surface area contributed by atoms with E-state index in [4.69, 9.17) is 9.47 Å². The molecule has 2 atom stereocenters. The molecule has 1 rings (SSSR count). The van der Waals surface area contributed by atoms with Gasteiger partial charge in [0.15, 0.2) is 0 Å². The highest BCUT2D eigenvalue weighted by molar-refractivity contribution is 5.87. The summed E-state index contributed by atoms with van der Waals surface area (Å²) in [5.74, 6) is -1.48. The molecule has 1 fully saturated rings. The number of carbonyl (C=O) groups is 2. The third kappa shape index (κ3) is 6.66. The Balaban J connectivity index is 2.56. The molecule has 0 radical (unpaired) electrons. The highest BCUT2D eigenvalue weighted by Crippen LogP contribution is 2.50. The molecule has 0 bridgehead atoms. The summed E-state index contributed by atoms with van der Waals surface area (Å²) in [4.78, 5) is 23.8. The second kappa shape index (κ2) is 7.28. The number of rotatable bonds is 6. The standard InChI is InChI=1S/C20H34O4/c1-14(2)17(22)24-19(6,7)23-16(21)9-10-20(8)12-15(3)11-18(4,5)13-20/h15H,1,9-13H2,2-8H3. The summed E-state index contributed by atoms with van der Waals surface area (Å²) >= 11 is 0.